The van der Waals surface area contributed by atoms with Crippen molar-refractivity contribution in [3.63, 3.8) is 0 Å². The molecule has 36 heavy (non-hydrogen) atoms. The molecule has 0 amide bonds. The van der Waals surface area contributed by atoms with Crippen molar-refractivity contribution >= 4 is 11.1 Å². The van der Waals surface area contributed by atoms with Crippen LogP contribution in [0.5, 0.6) is 0 Å². The molecule has 2 aliphatic rings. The number of unbranched alkanes of at least 4 members (excludes halogenated alkanes) is 2. The minimum atomic E-state index is -0.772. The van der Waals surface area contributed by atoms with Gasteiger partial charge >= 0.3 is 0 Å². The number of hydrogen-bond acceptors (Lipinski definition) is 1. The molecule has 1 aliphatic heterocycles. The minimum absolute atomic E-state index is 0.00939. The van der Waals surface area contributed by atoms with Gasteiger partial charge in [-0.05, 0) is 72.8 Å². The molecule has 1 saturated heterocycles. The lowest BCUT2D eigenvalue weighted by molar-refractivity contribution is -0.00115. The maximum atomic E-state index is 15.3. The van der Waals surface area contributed by atoms with Crippen LogP contribution in [0.2, 0.25) is 0 Å². The molecule has 0 saturated carbocycles. The zero-order valence-corrected chi connectivity index (χ0v) is 21.9. The summed E-state index contributed by atoms with van der Waals surface area (Å²) < 4.78 is 50.9. The fourth-order valence-corrected chi connectivity index (χ4v) is 5.65. The van der Waals surface area contributed by atoms with E-state index in [9.17, 15) is 8.78 Å². The summed E-state index contributed by atoms with van der Waals surface area (Å²) in [7, 11) is 0. The van der Waals surface area contributed by atoms with Crippen molar-refractivity contribution in [3.05, 3.63) is 82.2 Å². The summed E-state index contributed by atoms with van der Waals surface area (Å²) in [6.07, 6.45) is 12.3. The molecule has 4 rings (SSSR count). The van der Waals surface area contributed by atoms with E-state index in [2.05, 4.69) is 13.8 Å². The predicted octanol–water partition coefficient (Wildman–Crippen LogP) is 9.41. The van der Waals surface area contributed by atoms with Crippen molar-refractivity contribution in [2.45, 2.75) is 90.6 Å². The van der Waals surface area contributed by atoms with E-state index in [0.717, 1.165) is 61.7 Å². The number of rotatable bonds is 9. The molecule has 0 radical (unpaired) electrons. The first-order valence-corrected chi connectivity index (χ1v) is 13.7. The fourth-order valence-electron chi connectivity index (χ4n) is 5.65. The van der Waals surface area contributed by atoms with Crippen molar-refractivity contribution < 1.29 is 17.9 Å². The van der Waals surface area contributed by atoms with E-state index >= 15 is 4.39 Å². The van der Waals surface area contributed by atoms with E-state index in [4.69, 9.17) is 4.74 Å². The van der Waals surface area contributed by atoms with Gasteiger partial charge in [0.15, 0.2) is 11.6 Å². The summed E-state index contributed by atoms with van der Waals surface area (Å²) in [5, 5.41) is 0. The molecule has 3 atom stereocenters. The topological polar surface area (TPSA) is 9.23 Å². The highest BCUT2D eigenvalue weighted by Crippen LogP contribution is 2.39. The zero-order chi connectivity index (χ0) is 25.7. The summed E-state index contributed by atoms with van der Waals surface area (Å²) in [6, 6.07) is 8.96. The van der Waals surface area contributed by atoms with E-state index in [1.54, 1.807) is 18.2 Å². The number of allylic oxidation sites excluding steroid dienone is 4. The number of aryl methyl sites for hydroxylation is 1. The number of benzene rings is 2. The highest BCUT2D eigenvalue weighted by Gasteiger charge is 2.26. The molecule has 3 unspecified atom stereocenters. The second-order valence-corrected chi connectivity index (χ2v) is 10.5. The Bertz CT molecular complexity index is 1110. The average Bonchev–Trinajstić information content (AvgIpc) is 2.88. The van der Waals surface area contributed by atoms with E-state index < -0.39 is 11.6 Å². The van der Waals surface area contributed by atoms with Crippen LogP contribution in [0.4, 0.5) is 13.2 Å². The highest BCUT2D eigenvalue weighted by molar-refractivity contribution is 5.80. The minimum Gasteiger partial charge on any atom is -0.378 e. The Morgan fingerprint density at radius 1 is 0.889 bits per heavy atom. The van der Waals surface area contributed by atoms with Crippen molar-refractivity contribution in [2.75, 3.05) is 6.61 Å². The smallest absolute Gasteiger partial charge is 0.166 e. The van der Waals surface area contributed by atoms with Crippen LogP contribution in [-0.2, 0) is 11.2 Å². The monoisotopic (exact) mass is 496 g/mol. The third-order valence-corrected chi connectivity index (χ3v) is 7.84. The predicted molar refractivity (Wildman–Crippen MR) is 142 cm³/mol. The van der Waals surface area contributed by atoms with Crippen molar-refractivity contribution in [1.29, 1.82) is 0 Å². The summed E-state index contributed by atoms with van der Waals surface area (Å²) in [5.41, 5.74) is 3.96. The first kappa shape index (κ1) is 26.7. The van der Waals surface area contributed by atoms with Gasteiger partial charge < -0.3 is 4.74 Å². The van der Waals surface area contributed by atoms with Gasteiger partial charge in [0.05, 0.1) is 12.7 Å². The molecule has 2 aromatic carbocycles. The van der Waals surface area contributed by atoms with Crippen LogP contribution in [0.25, 0.3) is 11.1 Å². The van der Waals surface area contributed by atoms with Gasteiger partial charge in [-0.3, -0.25) is 0 Å². The molecule has 1 heterocycles. The van der Waals surface area contributed by atoms with Crippen LogP contribution in [0.1, 0.15) is 100 Å². The van der Waals surface area contributed by atoms with Crippen molar-refractivity contribution in [3.8, 4) is 0 Å². The van der Waals surface area contributed by atoms with Gasteiger partial charge in [-0.2, -0.15) is 0 Å². The molecule has 0 spiro atoms. The lowest BCUT2D eigenvalue weighted by Crippen LogP contribution is -2.24. The third-order valence-electron chi connectivity index (χ3n) is 7.84. The van der Waals surface area contributed by atoms with Gasteiger partial charge in [-0.25, -0.2) is 13.2 Å². The SMILES string of the molecule is CCCCCc1ccc(C2=CC=C(c3ccc(C4CCC(CCC)OC4)cc3F)C(C)C2)c(F)c1F. The molecule has 0 aromatic heterocycles. The fraction of sp³-hybridized carbons (Fsp3) is 0.500. The van der Waals surface area contributed by atoms with Gasteiger partial charge in [-0.1, -0.05) is 76.5 Å². The van der Waals surface area contributed by atoms with Crippen molar-refractivity contribution in [1.82, 2.24) is 0 Å². The number of hydrogen-bond donors (Lipinski definition) is 0. The number of halogens is 3. The van der Waals surface area contributed by atoms with Crippen LogP contribution in [-0.4, -0.2) is 12.7 Å². The number of ether oxygens (including phenoxy) is 1. The Morgan fingerprint density at radius 3 is 2.36 bits per heavy atom. The molecule has 0 N–H and O–H groups in total. The largest absolute Gasteiger partial charge is 0.378 e. The molecule has 4 heteroatoms. The molecule has 1 fully saturated rings. The van der Waals surface area contributed by atoms with Gasteiger partial charge in [-0.15, -0.1) is 0 Å². The van der Waals surface area contributed by atoms with Crippen LogP contribution in [0.3, 0.4) is 0 Å². The Labute approximate surface area is 214 Å². The normalized spacial score (nSPS) is 22.3. The van der Waals surface area contributed by atoms with Gasteiger partial charge in [0.25, 0.3) is 0 Å². The van der Waals surface area contributed by atoms with E-state index in [0.29, 0.717) is 42.2 Å². The van der Waals surface area contributed by atoms with E-state index in [-0.39, 0.29) is 17.7 Å². The summed E-state index contributed by atoms with van der Waals surface area (Å²) in [5.74, 6) is -1.52. The lowest BCUT2D eigenvalue weighted by Gasteiger charge is -2.29. The first-order chi connectivity index (χ1) is 17.4. The first-order valence-electron chi connectivity index (χ1n) is 13.7. The molecular weight excluding hydrogens is 457 g/mol. The van der Waals surface area contributed by atoms with E-state index in [1.165, 1.54) is 0 Å². The molecular formula is C32H39F3O. The highest BCUT2D eigenvalue weighted by atomic mass is 19.2. The standard InChI is InChI=1S/C32H39F3O/c1-4-6-7-9-22-11-16-28(32(35)31(22)34)24-13-15-27(21(3)18-24)29-17-12-23(19-30(29)33)25-10-14-26(8-5-2)36-20-25/h11-13,15-17,19,21,25-26H,4-10,14,18,20H2,1-3H3. The van der Waals surface area contributed by atoms with Gasteiger partial charge in [0, 0.05) is 17.0 Å². The maximum absolute atomic E-state index is 15.3. The quantitative estimate of drug-likeness (QED) is 0.314. The van der Waals surface area contributed by atoms with Crippen LogP contribution >= 0.6 is 0 Å². The Balaban J connectivity index is 1.50. The van der Waals surface area contributed by atoms with Gasteiger partial charge in [0.1, 0.15) is 5.82 Å². The molecule has 1 aliphatic carbocycles. The summed E-state index contributed by atoms with van der Waals surface area (Å²) >= 11 is 0. The molecule has 2 aromatic rings. The Morgan fingerprint density at radius 2 is 1.69 bits per heavy atom. The Hall–Kier alpha value is -2.33. The third kappa shape index (κ3) is 5.96. The second kappa shape index (κ2) is 12.3. The second-order valence-electron chi connectivity index (χ2n) is 10.5. The lowest BCUT2D eigenvalue weighted by atomic mass is 9.81. The van der Waals surface area contributed by atoms with Crippen LogP contribution in [0.15, 0.2) is 42.5 Å². The average molecular weight is 497 g/mol. The Kier molecular flexibility index (Phi) is 9.11. The summed E-state index contributed by atoms with van der Waals surface area (Å²) in [6.45, 7) is 6.92. The maximum Gasteiger partial charge on any atom is 0.166 e. The molecule has 194 valence electrons. The van der Waals surface area contributed by atoms with Crippen molar-refractivity contribution in [2.24, 2.45) is 5.92 Å². The molecule has 0 bridgehead atoms. The van der Waals surface area contributed by atoms with Crippen LogP contribution < -0.4 is 0 Å². The van der Waals surface area contributed by atoms with Crippen LogP contribution in [0, 0.1) is 23.4 Å². The van der Waals surface area contributed by atoms with Gasteiger partial charge in [0.2, 0.25) is 0 Å². The van der Waals surface area contributed by atoms with E-state index in [1.807, 2.05) is 31.2 Å². The molecule has 1 nitrogen and oxygen atoms in total. The zero-order valence-electron chi connectivity index (χ0n) is 21.9. The summed E-state index contributed by atoms with van der Waals surface area (Å²) in [4.78, 5) is 0.